The highest BCUT2D eigenvalue weighted by atomic mass is 35.5. The van der Waals surface area contributed by atoms with Gasteiger partial charge in [0.1, 0.15) is 0 Å². The Morgan fingerprint density at radius 1 is 1.25 bits per heavy atom. The van der Waals surface area contributed by atoms with Crippen molar-refractivity contribution in [2.24, 2.45) is 5.92 Å². The average Bonchev–Trinajstić information content (AvgIpc) is 2.45. The van der Waals surface area contributed by atoms with Gasteiger partial charge < -0.3 is 15.7 Å². The van der Waals surface area contributed by atoms with Gasteiger partial charge in [0, 0.05) is 24.5 Å². The van der Waals surface area contributed by atoms with E-state index in [1.807, 2.05) is 12.1 Å². The molecule has 1 fully saturated rings. The summed E-state index contributed by atoms with van der Waals surface area (Å²) >= 11 is 12.3. The van der Waals surface area contributed by atoms with Crippen LogP contribution in [-0.4, -0.2) is 30.3 Å². The smallest absolute Gasteiger partial charge is 0.404 e. The molecule has 4 nitrogen and oxygen atoms in total. The van der Waals surface area contributed by atoms with Crippen molar-refractivity contribution in [3.05, 3.63) is 33.8 Å². The Morgan fingerprint density at radius 3 is 2.46 bits per heavy atom. The van der Waals surface area contributed by atoms with Crippen molar-refractivity contribution < 1.29 is 9.90 Å². The number of carboxylic acid groups (broad SMARTS) is 1. The molecule has 0 aliphatic heterocycles. The molecule has 1 unspecified atom stereocenters. The second-order valence-electron chi connectivity index (χ2n) is 7.01. The molecule has 1 aromatic rings. The Balaban J connectivity index is 2.17. The van der Waals surface area contributed by atoms with Gasteiger partial charge in [-0.3, -0.25) is 0 Å². The summed E-state index contributed by atoms with van der Waals surface area (Å²) in [7, 11) is 0. The van der Waals surface area contributed by atoms with E-state index in [1.165, 1.54) is 12.0 Å². The van der Waals surface area contributed by atoms with Gasteiger partial charge in [-0.05, 0) is 42.9 Å². The lowest BCUT2D eigenvalue weighted by Crippen LogP contribution is -2.54. The Kier molecular flexibility index (Phi) is 6.79. The van der Waals surface area contributed by atoms with E-state index in [2.05, 4.69) is 30.5 Å². The Labute approximate surface area is 153 Å². The first kappa shape index (κ1) is 19.4. The maximum atomic E-state index is 10.6. The number of amides is 1. The summed E-state index contributed by atoms with van der Waals surface area (Å²) in [6.07, 6.45) is 3.47. The Bertz CT molecular complexity index is 574. The predicted octanol–water partition coefficient (Wildman–Crippen LogP) is 4.69. The van der Waals surface area contributed by atoms with E-state index in [0.717, 1.165) is 19.3 Å². The van der Waals surface area contributed by atoms with Crippen molar-refractivity contribution in [3.8, 4) is 0 Å². The number of halogens is 2. The first-order valence-electron chi connectivity index (χ1n) is 8.51. The fourth-order valence-corrected chi connectivity index (χ4v) is 3.89. The van der Waals surface area contributed by atoms with Crippen LogP contribution in [0.3, 0.4) is 0 Å². The van der Waals surface area contributed by atoms with Crippen molar-refractivity contribution in [1.29, 1.82) is 0 Å². The zero-order valence-electron chi connectivity index (χ0n) is 14.2. The van der Waals surface area contributed by atoms with Crippen LogP contribution in [0.15, 0.2) is 18.2 Å². The standard InChI is InChI=1S/C18H26Cl2N2O2/c1-12(2)10-16(21-8-9-22-17(23)24)18(6-3-7-18)13-4-5-14(19)15(20)11-13/h4-5,11-12,16,21-22H,3,6-10H2,1-2H3,(H,23,24). The van der Waals surface area contributed by atoms with Gasteiger partial charge in [0.15, 0.2) is 0 Å². The molecule has 1 amide bonds. The first-order chi connectivity index (χ1) is 11.3. The molecule has 0 radical (unpaired) electrons. The molecule has 1 aliphatic rings. The van der Waals surface area contributed by atoms with Crippen molar-refractivity contribution in [2.75, 3.05) is 13.1 Å². The number of hydrogen-bond acceptors (Lipinski definition) is 2. The van der Waals surface area contributed by atoms with Crippen molar-refractivity contribution in [2.45, 2.75) is 51.0 Å². The minimum atomic E-state index is -0.986. The molecule has 0 saturated heterocycles. The van der Waals surface area contributed by atoms with Crippen LogP contribution < -0.4 is 10.6 Å². The third-order valence-corrected chi connectivity index (χ3v) is 5.65. The third-order valence-electron chi connectivity index (χ3n) is 4.91. The fourth-order valence-electron chi connectivity index (χ4n) is 3.59. The summed E-state index contributed by atoms with van der Waals surface area (Å²) in [5.74, 6) is 0.551. The summed E-state index contributed by atoms with van der Waals surface area (Å²) in [4.78, 5) is 10.6. The maximum Gasteiger partial charge on any atom is 0.404 e. The van der Waals surface area contributed by atoms with E-state index in [4.69, 9.17) is 28.3 Å². The van der Waals surface area contributed by atoms with Crippen LogP contribution in [0, 0.1) is 5.92 Å². The maximum absolute atomic E-state index is 10.6. The predicted molar refractivity (Wildman–Crippen MR) is 99.3 cm³/mol. The Hall–Kier alpha value is -0.970. The molecule has 24 heavy (non-hydrogen) atoms. The molecule has 6 heteroatoms. The van der Waals surface area contributed by atoms with E-state index in [-0.39, 0.29) is 5.41 Å². The molecule has 0 spiro atoms. The largest absolute Gasteiger partial charge is 0.465 e. The number of rotatable bonds is 8. The number of carbonyl (C=O) groups is 1. The quantitative estimate of drug-likeness (QED) is 0.580. The molecule has 2 rings (SSSR count). The van der Waals surface area contributed by atoms with Gasteiger partial charge in [0.05, 0.1) is 10.0 Å². The molecule has 134 valence electrons. The SMILES string of the molecule is CC(C)CC(NCCNC(=O)O)C1(c2ccc(Cl)c(Cl)c2)CCC1. The van der Waals surface area contributed by atoms with Gasteiger partial charge in [0.2, 0.25) is 0 Å². The molecule has 0 heterocycles. The van der Waals surface area contributed by atoms with Crippen LogP contribution in [0.4, 0.5) is 4.79 Å². The topological polar surface area (TPSA) is 61.4 Å². The van der Waals surface area contributed by atoms with E-state index >= 15 is 0 Å². The zero-order valence-corrected chi connectivity index (χ0v) is 15.8. The number of benzene rings is 1. The van der Waals surface area contributed by atoms with Crippen molar-refractivity contribution in [1.82, 2.24) is 10.6 Å². The molecular weight excluding hydrogens is 347 g/mol. The normalized spacial score (nSPS) is 17.4. The van der Waals surface area contributed by atoms with Crippen LogP contribution >= 0.6 is 23.2 Å². The molecule has 3 N–H and O–H groups in total. The minimum Gasteiger partial charge on any atom is -0.465 e. The minimum absolute atomic E-state index is 0.0573. The van der Waals surface area contributed by atoms with Crippen LogP contribution in [-0.2, 0) is 5.41 Å². The number of hydrogen-bond donors (Lipinski definition) is 3. The van der Waals surface area contributed by atoms with Crippen molar-refractivity contribution >= 4 is 29.3 Å². The van der Waals surface area contributed by atoms with Gasteiger partial charge >= 0.3 is 6.09 Å². The third kappa shape index (κ3) is 4.56. The molecule has 1 aliphatic carbocycles. The molecular formula is C18H26Cl2N2O2. The molecule has 1 atom stereocenters. The van der Waals surface area contributed by atoms with E-state index in [0.29, 0.717) is 35.1 Å². The average molecular weight is 373 g/mol. The molecule has 0 aromatic heterocycles. The highest BCUT2D eigenvalue weighted by Crippen LogP contribution is 2.48. The van der Waals surface area contributed by atoms with E-state index in [9.17, 15) is 4.79 Å². The highest BCUT2D eigenvalue weighted by molar-refractivity contribution is 6.42. The lowest BCUT2D eigenvalue weighted by Gasteiger charge is -2.49. The summed E-state index contributed by atoms with van der Waals surface area (Å²) in [5.41, 5.74) is 1.29. The molecule has 1 aromatic carbocycles. The summed E-state index contributed by atoms with van der Waals surface area (Å²) in [5, 5.41) is 15.9. The summed E-state index contributed by atoms with van der Waals surface area (Å²) in [6.45, 7) is 5.45. The van der Waals surface area contributed by atoms with E-state index in [1.54, 1.807) is 0 Å². The van der Waals surface area contributed by atoms with Crippen LogP contribution in [0.2, 0.25) is 10.0 Å². The lowest BCUT2D eigenvalue weighted by atomic mass is 9.59. The van der Waals surface area contributed by atoms with Crippen molar-refractivity contribution in [3.63, 3.8) is 0 Å². The summed E-state index contributed by atoms with van der Waals surface area (Å²) in [6, 6.07) is 6.24. The van der Waals surface area contributed by atoms with Crippen LogP contribution in [0.5, 0.6) is 0 Å². The summed E-state index contributed by atoms with van der Waals surface area (Å²) < 4.78 is 0. The van der Waals surface area contributed by atoms with E-state index < -0.39 is 6.09 Å². The van der Waals surface area contributed by atoms with Gasteiger partial charge in [-0.2, -0.15) is 0 Å². The molecule has 1 saturated carbocycles. The second kappa shape index (κ2) is 8.41. The number of nitrogens with one attached hydrogen (secondary N) is 2. The van der Waals surface area contributed by atoms with Gasteiger partial charge in [-0.1, -0.05) is 49.5 Å². The first-order valence-corrected chi connectivity index (χ1v) is 9.26. The van der Waals surface area contributed by atoms with Crippen LogP contribution in [0.1, 0.15) is 45.1 Å². The van der Waals surface area contributed by atoms with Gasteiger partial charge in [-0.15, -0.1) is 0 Å². The lowest BCUT2D eigenvalue weighted by molar-refractivity contribution is 0.151. The monoisotopic (exact) mass is 372 g/mol. The van der Waals surface area contributed by atoms with Gasteiger partial charge in [0.25, 0.3) is 0 Å². The van der Waals surface area contributed by atoms with Gasteiger partial charge in [-0.25, -0.2) is 4.79 Å². The Morgan fingerprint density at radius 2 is 1.96 bits per heavy atom. The molecule has 0 bridgehead atoms. The highest BCUT2D eigenvalue weighted by Gasteiger charge is 2.45. The fraction of sp³-hybridized carbons (Fsp3) is 0.611. The second-order valence-corrected chi connectivity index (χ2v) is 7.82. The van der Waals surface area contributed by atoms with Crippen LogP contribution in [0.25, 0.3) is 0 Å². The zero-order chi connectivity index (χ0) is 17.7.